The Bertz CT molecular complexity index is 821. The number of benzene rings is 2. The lowest BCUT2D eigenvalue weighted by atomic mass is 10.2. The van der Waals surface area contributed by atoms with E-state index in [0.29, 0.717) is 0 Å². The molecule has 0 unspecified atom stereocenters. The molecule has 0 heterocycles. The van der Waals surface area contributed by atoms with E-state index in [1.54, 1.807) is 6.07 Å². The normalized spacial score (nSPS) is 11.0. The predicted molar refractivity (Wildman–Crippen MR) is 85.1 cm³/mol. The molecule has 0 aliphatic rings. The van der Waals surface area contributed by atoms with Crippen molar-refractivity contribution in [1.29, 1.82) is 0 Å². The highest BCUT2D eigenvalue weighted by Gasteiger charge is 2.17. The molecule has 0 atom stereocenters. The first-order chi connectivity index (χ1) is 10.3. The van der Waals surface area contributed by atoms with Crippen LogP contribution >= 0.6 is 23.2 Å². The maximum absolute atomic E-state index is 12.3. The van der Waals surface area contributed by atoms with Gasteiger partial charge in [-0.2, -0.15) is 0 Å². The van der Waals surface area contributed by atoms with Crippen LogP contribution < -0.4 is 4.72 Å². The summed E-state index contributed by atoms with van der Waals surface area (Å²) in [5, 5.41) is 0.440. The summed E-state index contributed by atoms with van der Waals surface area (Å²) in [6, 6.07) is 9.92. The van der Waals surface area contributed by atoms with Crippen molar-refractivity contribution in [1.82, 2.24) is 0 Å². The molecule has 8 heteroatoms. The SMILES string of the molecule is COC(=O)c1ccc(Cl)c(NS(=O)(=O)c2cccc(Cl)c2)c1. The van der Waals surface area contributed by atoms with Gasteiger partial charge in [0, 0.05) is 5.02 Å². The van der Waals surface area contributed by atoms with Gasteiger partial charge in [-0.3, -0.25) is 4.72 Å². The van der Waals surface area contributed by atoms with Crippen LogP contribution in [0.1, 0.15) is 10.4 Å². The van der Waals surface area contributed by atoms with Gasteiger partial charge in [0.25, 0.3) is 10.0 Å². The Balaban J connectivity index is 2.39. The molecule has 0 saturated heterocycles. The van der Waals surface area contributed by atoms with Crippen LogP contribution in [-0.2, 0) is 14.8 Å². The van der Waals surface area contributed by atoms with Gasteiger partial charge in [-0.05, 0) is 36.4 Å². The lowest BCUT2D eigenvalue weighted by molar-refractivity contribution is 0.0601. The smallest absolute Gasteiger partial charge is 0.337 e. The van der Waals surface area contributed by atoms with Gasteiger partial charge in [-0.1, -0.05) is 29.3 Å². The van der Waals surface area contributed by atoms with Crippen LogP contribution in [0.3, 0.4) is 0 Å². The molecule has 0 radical (unpaired) electrons. The van der Waals surface area contributed by atoms with Gasteiger partial charge in [-0.25, -0.2) is 13.2 Å². The van der Waals surface area contributed by atoms with E-state index in [0.717, 1.165) is 0 Å². The van der Waals surface area contributed by atoms with Crippen molar-refractivity contribution in [2.75, 3.05) is 11.8 Å². The van der Waals surface area contributed by atoms with Crippen molar-refractivity contribution in [2.24, 2.45) is 0 Å². The van der Waals surface area contributed by atoms with Crippen molar-refractivity contribution >= 4 is 44.9 Å². The summed E-state index contributed by atoms with van der Waals surface area (Å²) in [7, 11) is -2.65. The number of anilines is 1. The Labute approximate surface area is 137 Å². The fourth-order valence-corrected chi connectivity index (χ4v) is 3.28. The first-order valence-electron chi connectivity index (χ1n) is 6.00. The zero-order valence-electron chi connectivity index (χ0n) is 11.3. The largest absolute Gasteiger partial charge is 0.465 e. The number of hydrogen-bond donors (Lipinski definition) is 1. The molecule has 0 aliphatic carbocycles. The molecule has 0 fully saturated rings. The molecule has 5 nitrogen and oxygen atoms in total. The highest BCUT2D eigenvalue weighted by molar-refractivity contribution is 7.92. The van der Waals surface area contributed by atoms with Gasteiger partial charge in [-0.15, -0.1) is 0 Å². The Morgan fingerprint density at radius 3 is 2.50 bits per heavy atom. The maximum atomic E-state index is 12.3. The second-order valence-electron chi connectivity index (χ2n) is 4.25. The minimum atomic E-state index is -3.88. The van der Waals surface area contributed by atoms with Crippen LogP contribution in [0.5, 0.6) is 0 Å². The highest BCUT2D eigenvalue weighted by Crippen LogP contribution is 2.26. The van der Waals surface area contributed by atoms with Crippen molar-refractivity contribution in [3.8, 4) is 0 Å². The first kappa shape index (κ1) is 16.6. The minimum absolute atomic E-state index is 0.0143. The number of hydrogen-bond acceptors (Lipinski definition) is 4. The van der Waals surface area contributed by atoms with Gasteiger partial charge in [0.2, 0.25) is 0 Å². The zero-order valence-corrected chi connectivity index (χ0v) is 13.7. The first-order valence-corrected chi connectivity index (χ1v) is 8.23. The third kappa shape index (κ3) is 3.71. The van der Waals surface area contributed by atoms with Crippen LogP contribution in [-0.4, -0.2) is 21.5 Å². The van der Waals surface area contributed by atoms with E-state index in [4.69, 9.17) is 23.2 Å². The van der Waals surface area contributed by atoms with Crippen LogP contribution in [0.4, 0.5) is 5.69 Å². The van der Waals surface area contributed by atoms with Crippen molar-refractivity contribution in [3.63, 3.8) is 0 Å². The molecule has 0 bridgehead atoms. The molecule has 0 aromatic heterocycles. The molecule has 0 spiro atoms. The fourth-order valence-electron chi connectivity index (χ4n) is 1.69. The summed E-state index contributed by atoms with van der Waals surface area (Å²) in [4.78, 5) is 11.5. The molecule has 1 N–H and O–H groups in total. The third-order valence-corrected chi connectivity index (χ3v) is 4.67. The molecule has 0 amide bonds. The van der Waals surface area contributed by atoms with Crippen LogP contribution in [0.2, 0.25) is 10.0 Å². The molecular weight excluding hydrogens is 349 g/mol. The van der Waals surface area contributed by atoms with Crippen molar-refractivity contribution in [2.45, 2.75) is 4.90 Å². The quantitative estimate of drug-likeness (QED) is 0.846. The van der Waals surface area contributed by atoms with Crippen LogP contribution in [0.15, 0.2) is 47.4 Å². The van der Waals surface area contributed by atoms with Crippen molar-refractivity contribution < 1.29 is 17.9 Å². The van der Waals surface area contributed by atoms with Gasteiger partial charge >= 0.3 is 5.97 Å². The minimum Gasteiger partial charge on any atom is -0.465 e. The Hall–Kier alpha value is -1.76. The van der Waals surface area contributed by atoms with E-state index in [9.17, 15) is 13.2 Å². The molecule has 116 valence electrons. The number of halogens is 2. The lowest BCUT2D eigenvalue weighted by Gasteiger charge is -2.11. The van der Waals surface area contributed by atoms with E-state index >= 15 is 0 Å². The van der Waals surface area contributed by atoms with Crippen LogP contribution in [0, 0.1) is 0 Å². The summed E-state index contributed by atoms with van der Waals surface area (Å²) < 4.78 is 31.5. The van der Waals surface area contributed by atoms with E-state index in [-0.39, 0.29) is 26.2 Å². The Morgan fingerprint density at radius 2 is 1.86 bits per heavy atom. The summed E-state index contributed by atoms with van der Waals surface area (Å²) in [5.74, 6) is -0.597. The van der Waals surface area contributed by atoms with Crippen molar-refractivity contribution in [3.05, 3.63) is 58.1 Å². The predicted octanol–water partition coefficient (Wildman–Crippen LogP) is 3.58. The molecule has 0 saturated carbocycles. The average Bonchev–Trinajstić information content (AvgIpc) is 2.48. The van der Waals surface area contributed by atoms with Gasteiger partial charge in [0.1, 0.15) is 0 Å². The molecule has 2 aromatic rings. The molecule has 22 heavy (non-hydrogen) atoms. The van der Waals surface area contributed by atoms with Gasteiger partial charge in [0.15, 0.2) is 0 Å². The summed E-state index contributed by atoms with van der Waals surface area (Å²) in [5.41, 5.74) is 0.250. The number of ether oxygens (including phenoxy) is 1. The molecule has 0 aliphatic heterocycles. The fraction of sp³-hybridized carbons (Fsp3) is 0.0714. The Kier molecular flexibility index (Phi) is 4.95. The standard InChI is InChI=1S/C14H11Cl2NO4S/c1-21-14(18)9-5-6-12(16)13(7-9)17-22(19,20)11-4-2-3-10(15)8-11/h2-8,17H,1H3. The molecule has 2 aromatic carbocycles. The van der Waals surface area contributed by atoms with E-state index in [1.807, 2.05) is 0 Å². The monoisotopic (exact) mass is 359 g/mol. The number of sulfonamides is 1. The second-order valence-corrected chi connectivity index (χ2v) is 6.78. The number of rotatable bonds is 4. The number of carbonyl (C=O) groups excluding carboxylic acids is 1. The summed E-state index contributed by atoms with van der Waals surface area (Å²) in [6.07, 6.45) is 0. The maximum Gasteiger partial charge on any atom is 0.337 e. The molecule has 2 rings (SSSR count). The summed E-state index contributed by atoms with van der Waals surface area (Å²) >= 11 is 11.8. The second kappa shape index (κ2) is 6.56. The third-order valence-electron chi connectivity index (χ3n) is 2.74. The van der Waals surface area contributed by atoms with Gasteiger partial charge in [0.05, 0.1) is 28.3 Å². The van der Waals surface area contributed by atoms with E-state index < -0.39 is 16.0 Å². The number of esters is 1. The number of carbonyl (C=O) groups is 1. The lowest BCUT2D eigenvalue weighted by Crippen LogP contribution is -2.14. The van der Waals surface area contributed by atoms with Gasteiger partial charge < -0.3 is 4.74 Å². The zero-order chi connectivity index (χ0) is 16.3. The number of methoxy groups -OCH3 is 1. The topological polar surface area (TPSA) is 72.5 Å². The van der Waals surface area contributed by atoms with Crippen LogP contribution in [0.25, 0.3) is 0 Å². The molecular formula is C14H11Cl2NO4S. The Morgan fingerprint density at radius 1 is 1.14 bits per heavy atom. The number of nitrogens with one attached hydrogen (secondary N) is 1. The van der Waals surface area contributed by atoms with E-state index in [1.165, 1.54) is 43.5 Å². The highest BCUT2D eigenvalue weighted by atomic mass is 35.5. The average molecular weight is 360 g/mol. The van der Waals surface area contributed by atoms with E-state index in [2.05, 4.69) is 9.46 Å². The summed E-state index contributed by atoms with van der Waals surface area (Å²) in [6.45, 7) is 0.